The van der Waals surface area contributed by atoms with E-state index in [9.17, 15) is 0 Å². The van der Waals surface area contributed by atoms with E-state index in [4.69, 9.17) is 13.9 Å². The van der Waals surface area contributed by atoms with Gasteiger partial charge in [0.05, 0.1) is 25.2 Å². The highest BCUT2D eigenvalue weighted by Crippen LogP contribution is 2.07. The molecule has 1 fully saturated rings. The lowest BCUT2D eigenvalue weighted by Gasteiger charge is -2.09. The maximum absolute atomic E-state index is 5.66. The normalized spacial score (nSPS) is 20.4. The smallest absolute Gasteiger partial charge is 0.0947 e. The molecule has 2 rings (SSSR count). The van der Waals surface area contributed by atoms with Crippen molar-refractivity contribution in [3.8, 4) is 0 Å². The predicted octanol–water partition coefficient (Wildman–Crippen LogP) is 1.56. The van der Waals surface area contributed by atoms with Crippen LogP contribution in [0.4, 0.5) is 0 Å². The summed E-state index contributed by atoms with van der Waals surface area (Å²) < 4.78 is 15.9. The third kappa shape index (κ3) is 3.96. The first-order chi connectivity index (χ1) is 7.95. The highest BCUT2D eigenvalue weighted by atomic mass is 16.5. The summed E-state index contributed by atoms with van der Waals surface area (Å²) in [5.41, 5.74) is 1.19. The molecule has 0 radical (unpaired) electrons. The SMILES string of the molecule is c1cc(CNCCCOC2CCOC2)co1. The molecule has 1 aliphatic rings. The van der Waals surface area contributed by atoms with E-state index in [1.165, 1.54) is 5.56 Å². The Morgan fingerprint density at radius 1 is 1.50 bits per heavy atom. The van der Waals surface area contributed by atoms with Gasteiger partial charge in [-0.15, -0.1) is 0 Å². The standard InChI is InChI=1S/C12H19NO3/c1(5-16-12-3-7-15-10-12)4-13-8-11-2-6-14-9-11/h2,6,9,12-13H,1,3-5,7-8,10H2. The number of rotatable bonds is 7. The molecule has 90 valence electrons. The van der Waals surface area contributed by atoms with Crippen LogP contribution in [0.1, 0.15) is 18.4 Å². The van der Waals surface area contributed by atoms with Crippen LogP contribution in [-0.2, 0) is 16.0 Å². The number of hydrogen-bond donors (Lipinski definition) is 1. The molecule has 16 heavy (non-hydrogen) atoms. The lowest BCUT2D eigenvalue weighted by molar-refractivity contribution is 0.0416. The van der Waals surface area contributed by atoms with Crippen molar-refractivity contribution >= 4 is 0 Å². The Labute approximate surface area is 95.9 Å². The van der Waals surface area contributed by atoms with E-state index in [1.807, 2.05) is 6.07 Å². The minimum atomic E-state index is 0.328. The average molecular weight is 225 g/mol. The highest BCUT2D eigenvalue weighted by molar-refractivity contribution is 5.04. The zero-order valence-corrected chi connectivity index (χ0v) is 9.48. The highest BCUT2D eigenvalue weighted by Gasteiger charge is 2.14. The van der Waals surface area contributed by atoms with E-state index in [0.29, 0.717) is 6.10 Å². The molecule has 1 aliphatic heterocycles. The minimum Gasteiger partial charge on any atom is -0.472 e. The van der Waals surface area contributed by atoms with Crippen LogP contribution in [0.25, 0.3) is 0 Å². The van der Waals surface area contributed by atoms with E-state index < -0.39 is 0 Å². The molecule has 2 heterocycles. The van der Waals surface area contributed by atoms with Crippen LogP contribution in [0.15, 0.2) is 23.0 Å². The Balaban J connectivity index is 1.43. The third-order valence-electron chi connectivity index (χ3n) is 2.65. The second-order valence-electron chi connectivity index (χ2n) is 4.02. The molecule has 4 nitrogen and oxygen atoms in total. The minimum absolute atomic E-state index is 0.328. The summed E-state index contributed by atoms with van der Waals surface area (Å²) in [4.78, 5) is 0. The molecular weight excluding hydrogens is 206 g/mol. The Morgan fingerprint density at radius 3 is 3.25 bits per heavy atom. The van der Waals surface area contributed by atoms with Crippen LogP contribution < -0.4 is 5.32 Å². The largest absolute Gasteiger partial charge is 0.472 e. The zero-order valence-electron chi connectivity index (χ0n) is 9.48. The predicted molar refractivity (Wildman–Crippen MR) is 60.2 cm³/mol. The number of furan rings is 1. The van der Waals surface area contributed by atoms with Gasteiger partial charge in [-0.1, -0.05) is 0 Å². The molecule has 0 bridgehead atoms. The van der Waals surface area contributed by atoms with Crippen molar-refractivity contribution in [3.63, 3.8) is 0 Å². The quantitative estimate of drug-likeness (QED) is 0.715. The van der Waals surface area contributed by atoms with Gasteiger partial charge in [-0.3, -0.25) is 0 Å². The molecule has 1 aromatic rings. The molecule has 4 heteroatoms. The summed E-state index contributed by atoms with van der Waals surface area (Å²) in [5.74, 6) is 0. The molecule has 1 aromatic heterocycles. The van der Waals surface area contributed by atoms with Gasteiger partial charge in [0.15, 0.2) is 0 Å². The van der Waals surface area contributed by atoms with Crippen molar-refractivity contribution < 1.29 is 13.9 Å². The average Bonchev–Trinajstić information content (AvgIpc) is 2.96. The van der Waals surface area contributed by atoms with Crippen molar-refractivity contribution in [2.45, 2.75) is 25.5 Å². The van der Waals surface area contributed by atoms with Crippen molar-refractivity contribution in [1.82, 2.24) is 5.32 Å². The van der Waals surface area contributed by atoms with E-state index in [1.54, 1.807) is 12.5 Å². The monoisotopic (exact) mass is 225 g/mol. The summed E-state index contributed by atoms with van der Waals surface area (Å²) in [6.07, 6.45) is 5.87. The fourth-order valence-electron chi connectivity index (χ4n) is 1.72. The molecule has 0 aliphatic carbocycles. The topological polar surface area (TPSA) is 43.6 Å². The fraction of sp³-hybridized carbons (Fsp3) is 0.667. The maximum atomic E-state index is 5.66. The van der Waals surface area contributed by atoms with Crippen LogP contribution in [0.5, 0.6) is 0 Å². The van der Waals surface area contributed by atoms with Crippen LogP contribution in [0.2, 0.25) is 0 Å². The second kappa shape index (κ2) is 6.68. The van der Waals surface area contributed by atoms with Gasteiger partial charge in [0, 0.05) is 25.3 Å². The Kier molecular flexibility index (Phi) is 4.86. The molecule has 1 saturated heterocycles. The van der Waals surface area contributed by atoms with Crippen molar-refractivity contribution in [2.75, 3.05) is 26.4 Å². The Bertz CT molecular complexity index is 268. The van der Waals surface area contributed by atoms with Gasteiger partial charge in [0.1, 0.15) is 0 Å². The van der Waals surface area contributed by atoms with Crippen molar-refractivity contribution in [3.05, 3.63) is 24.2 Å². The number of hydrogen-bond acceptors (Lipinski definition) is 4. The van der Waals surface area contributed by atoms with Gasteiger partial charge < -0.3 is 19.2 Å². The molecule has 1 N–H and O–H groups in total. The molecule has 0 aromatic carbocycles. The third-order valence-corrected chi connectivity index (χ3v) is 2.65. The molecular formula is C12H19NO3. The van der Waals surface area contributed by atoms with Gasteiger partial charge in [0.25, 0.3) is 0 Å². The summed E-state index contributed by atoms with van der Waals surface area (Å²) in [6, 6.07) is 1.97. The fourth-order valence-corrected chi connectivity index (χ4v) is 1.72. The van der Waals surface area contributed by atoms with Crippen LogP contribution >= 0.6 is 0 Å². The lowest BCUT2D eigenvalue weighted by atomic mass is 10.3. The summed E-state index contributed by atoms with van der Waals surface area (Å²) in [6.45, 7) is 4.26. The van der Waals surface area contributed by atoms with Crippen LogP contribution in [-0.4, -0.2) is 32.5 Å². The summed E-state index contributed by atoms with van der Waals surface area (Å²) in [5, 5.41) is 3.34. The number of ether oxygens (including phenoxy) is 2. The first-order valence-corrected chi connectivity index (χ1v) is 5.86. The van der Waals surface area contributed by atoms with Gasteiger partial charge in [0.2, 0.25) is 0 Å². The number of nitrogens with one attached hydrogen (secondary N) is 1. The molecule has 1 atom stereocenters. The Morgan fingerprint density at radius 2 is 2.50 bits per heavy atom. The molecule has 0 amide bonds. The van der Waals surface area contributed by atoms with Crippen molar-refractivity contribution in [2.24, 2.45) is 0 Å². The second-order valence-corrected chi connectivity index (χ2v) is 4.02. The first-order valence-electron chi connectivity index (χ1n) is 5.86. The summed E-state index contributed by atoms with van der Waals surface area (Å²) >= 11 is 0. The van der Waals surface area contributed by atoms with Crippen molar-refractivity contribution in [1.29, 1.82) is 0 Å². The van der Waals surface area contributed by atoms with E-state index in [-0.39, 0.29) is 0 Å². The van der Waals surface area contributed by atoms with E-state index >= 15 is 0 Å². The maximum Gasteiger partial charge on any atom is 0.0947 e. The van der Waals surface area contributed by atoms with Gasteiger partial charge in [-0.25, -0.2) is 0 Å². The zero-order chi connectivity index (χ0) is 11.1. The van der Waals surface area contributed by atoms with Gasteiger partial charge >= 0.3 is 0 Å². The van der Waals surface area contributed by atoms with Crippen LogP contribution in [0.3, 0.4) is 0 Å². The molecule has 0 spiro atoms. The van der Waals surface area contributed by atoms with Gasteiger partial charge in [-0.05, 0) is 25.5 Å². The van der Waals surface area contributed by atoms with Crippen LogP contribution in [0, 0.1) is 0 Å². The Hall–Kier alpha value is -0.840. The van der Waals surface area contributed by atoms with E-state index in [0.717, 1.165) is 45.8 Å². The molecule has 0 saturated carbocycles. The molecule has 1 unspecified atom stereocenters. The van der Waals surface area contributed by atoms with E-state index in [2.05, 4.69) is 5.32 Å². The lowest BCUT2D eigenvalue weighted by Crippen LogP contribution is -2.19. The summed E-state index contributed by atoms with van der Waals surface area (Å²) in [7, 11) is 0. The first kappa shape index (κ1) is 11.6. The van der Waals surface area contributed by atoms with Gasteiger partial charge in [-0.2, -0.15) is 0 Å².